The van der Waals surface area contributed by atoms with Crippen LogP contribution < -0.4 is 28.9 Å². The SMILES string of the molecule is Cc1nc(N)c(CN2CCCCC2)c[n+]1C.[O-][Cl+3]([O-])([O-])[O-]. The van der Waals surface area contributed by atoms with Crippen molar-refractivity contribution in [1.82, 2.24) is 9.88 Å². The molecule has 2 N–H and O–H groups in total. The van der Waals surface area contributed by atoms with Gasteiger partial charge in [0.05, 0.1) is 12.6 Å². The molecule has 1 fully saturated rings. The molecule has 1 aliphatic heterocycles. The Morgan fingerprint density at radius 3 is 2.29 bits per heavy atom. The van der Waals surface area contributed by atoms with Gasteiger partial charge in [0.15, 0.2) is 0 Å². The van der Waals surface area contributed by atoms with E-state index in [-0.39, 0.29) is 0 Å². The van der Waals surface area contributed by atoms with Gasteiger partial charge in [0.25, 0.3) is 5.82 Å². The van der Waals surface area contributed by atoms with Crippen molar-refractivity contribution in [3.05, 3.63) is 17.6 Å². The molecule has 2 rings (SSSR count). The van der Waals surface area contributed by atoms with Crippen LogP contribution in [0, 0.1) is 17.2 Å². The molecule has 120 valence electrons. The first-order valence-corrected chi connectivity index (χ1v) is 7.86. The van der Waals surface area contributed by atoms with Gasteiger partial charge in [-0.3, -0.25) is 4.90 Å². The van der Waals surface area contributed by atoms with Crippen LogP contribution in [0.15, 0.2) is 6.20 Å². The number of nitrogens with zero attached hydrogens (tertiary/aromatic N) is 3. The zero-order valence-corrected chi connectivity index (χ0v) is 13.0. The number of hydrogen-bond donors (Lipinski definition) is 1. The number of hydrogen-bond acceptors (Lipinski definition) is 7. The third-order valence-corrected chi connectivity index (χ3v) is 3.31. The van der Waals surface area contributed by atoms with E-state index in [9.17, 15) is 0 Å². The maximum Gasteiger partial charge on any atom is 0.297 e. The van der Waals surface area contributed by atoms with Gasteiger partial charge in [0, 0.05) is 13.5 Å². The van der Waals surface area contributed by atoms with E-state index in [1.54, 1.807) is 0 Å². The number of piperidine rings is 1. The Hall–Kier alpha value is -1.03. The zero-order valence-electron chi connectivity index (χ0n) is 12.2. The van der Waals surface area contributed by atoms with Crippen LogP contribution in [0.25, 0.3) is 0 Å². The summed E-state index contributed by atoms with van der Waals surface area (Å²) in [5.41, 5.74) is 7.10. The molecule has 1 aliphatic rings. The molecule has 0 aliphatic carbocycles. The van der Waals surface area contributed by atoms with Crippen molar-refractivity contribution in [3.63, 3.8) is 0 Å². The standard InChI is InChI=1S/C12H20N4.ClHO4/c1-10-14-12(13)11(8-15(10)2)9-16-6-4-3-5-7-16;2-1(3,4)5/h8,13H,3-7,9H2,1-2H3;(H,2,3,4,5). The molecule has 0 saturated carbocycles. The molecule has 2 heterocycles. The molecule has 0 atom stereocenters. The number of aryl methyl sites for hydroxylation is 2. The van der Waals surface area contributed by atoms with E-state index in [0.29, 0.717) is 5.82 Å². The van der Waals surface area contributed by atoms with E-state index in [1.165, 1.54) is 32.4 Å². The number of halogens is 1. The lowest BCUT2D eigenvalue weighted by molar-refractivity contribution is -2.00. The topological polar surface area (TPSA) is 138 Å². The molecule has 1 aromatic rings. The van der Waals surface area contributed by atoms with E-state index in [4.69, 9.17) is 24.4 Å². The average Bonchev–Trinajstić information content (AvgIpc) is 2.35. The highest BCUT2D eigenvalue weighted by Gasteiger charge is 2.16. The smallest absolute Gasteiger partial charge is 0.297 e. The number of nitrogen functional groups attached to an aromatic ring is 1. The molecule has 0 amide bonds. The van der Waals surface area contributed by atoms with Crippen molar-refractivity contribution in [3.8, 4) is 0 Å². The lowest BCUT2D eigenvalue weighted by atomic mass is 10.1. The Labute approximate surface area is 126 Å². The molecule has 21 heavy (non-hydrogen) atoms. The maximum atomic E-state index is 8.49. The molecular weight excluding hydrogens is 300 g/mol. The Morgan fingerprint density at radius 2 is 1.76 bits per heavy atom. The first kappa shape index (κ1) is 18.0. The number of likely N-dealkylation sites (tertiary alicyclic amines) is 1. The first-order valence-electron chi connectivity index (χ1n) is 6.62. The molecule has 0 spiro atoms. The van der Waals surface area contributed by atoms with E-state index in [0.717, 1.165) is 17.9 Å². The second-order valence-corrected chi connectivity index (χ2v) is 5.78. The summed E-state index contributed by atoms with van der Waals surface area (Å²) >= 11 is 0. The van der Waals surface area contributed by atoms with Crippen molar-refractivity contribution in [2.75, 3.05) is 18.8 Å². The fourth-order valence-corrected chi connectivity index (χ4v) is 2.20. The Bertz CT molecular complexity index is 455. The van der Waals surface area contributed by atoms with Crippen LogP contribution in [-0.4, -0.2) is 23.0 Å². The molecule has 0 radical (unpaired) electrons. The lowest BCUT2D eigenvalue weighted by Gasteiger charge is -2.25. The fourth-order valence-electron chi connectivity index (χ4n) is 2.20. The minimum absolute atomic E-state index is 0.682. The second-order valence-electron chi connectivity index (χ2n) is 5.02. The van der Waals surface area contributed by atoms with Crippen molar-refractivity contribution in [1.29, 1.82) is 0 Å². The van der Waals surface area contributed by atoms with Crippen LogP contribution in [0.3, 0.4) is 0 Å². The van der Waals surface area contributed by atoms with Crippen LogP contribution >= 0.6 is 0 Å². The average molecular weight is 321 g/mol. The number of nitrogens with two attached hydrogens (primary N) is 1. The molecule has 8 nitrogen and oxygen atoms in total. The predicted molar refractivity (Wildman–Crippen MR) is 63.7 cm³/mol. The zero-order chi connectivity index (χ0) is 16.0. The largest absolute Gasteiger partial charge is 0.363 e. The number of rotatable bonds is 2. The van der Waals surface area contributed by atoms with Crippen molar-refractivity contribution in [2.24, 2.45) is 7.05 Å². The Kier molecular flexibility index (Phi) is 6.72. The van der Waals surface area contributed by atoms with Gasteiger partial charge in [0.1, 0.15) is 6.20 Å². The summed E-state index contributed by atoms with van der Waals surface area (Å²) in [5.74, 6) is 1.64. The van der Waals surface area contributed by atoms with Gasteiger partial charge in [0.2, 0.25) is 5.82 Å². The van der Waals surface area contributed by atoms with Gasteiger partial charge in [-0.05, 0) is 30.9 Å². The van der Waals surface area contributed by atoms with Gasteiger partial charge < -0.3 is 5.73 Å². The summed E-state index contributed by atoms with van der Waals surface area (Å²) in [4.78, 5) is 6.82. The highest BCUT2D eigenvalue weighted by molar-refractivity contribution is 5.35. The molecular formula is C12H21ClN4O4. The van der Waals surface area contributed by atoms with Crippen LogP contribution in [-0.2, 0) is 13.6 Å². The van der Waals surface area contributed by atoms with Crippen molar-refractivity contribution in [2.45, 2.75) is 32.7 Å². The third kappa shape index (κ3) is 7.51. The predicted octanol–water partition coefficient (Wildman–Crippen LogP) is -3.97. The monoisotopic (exact) mass is 320 g/mol. The summed E-state index contributed by atoms with van der Waals surface area (Å²) in [5, 5.41) is 0. The fraction of sp³-hybridized carbons (Fsp3) is 0.667. The van der Waals surface area contributed by atoms with Gasteiger partial charge in [-0.1, -0.05) is 6.42 Å². The summed E-state index contributed by atoms with van der Waals surface area (Å²) in [6.45, 7) is 5.29. The summed E-state index contributed by atoms with van der Waals surface area (Å²) in [7, 11) is -2.93. The Morgan fingerprint density at radius 1 is 1.24 bits per heavy atom. The Balaban J connectivity index is 0.000000383. The van der Waals surface area contributed by atoms with E-state index < -0.39 is 10.2 Å². The molecule has 1 aromatic heterocycles. The minimum Gasteiger partial charge on any atom is -0.363 e. The highest BCUT2D eigenvalue weighted by atomic mass is 35.7. The second kappa shape index (κ2) is 7.83. The van der Waals surface area contributed by atoms with Crippen molar-refractivity contribution >= 4 is 5.82 Å². The highest BCUT2D eigenvalue weighted by Crippen LogP contribution is 2.14. The van der Waals surface area contributed by atoms with Gasteiger partial charge >= 0.3 is 0 Å². The van der Waals surface area contributed by atoms with Crippen LogP contribution in [0.4, 0.5) is 5.82 Å². The first-order chi connectivity index (χ1) is 9.66. The minimum atomic E-state index is -4.94. The van der Waals surface area contributed by atoms with Crippen molar-refractivity contribution < 1.29 is 33.4 Å². The third-order valence-electron chi connectivity index (χ3n) is 3.31. The molecule has 0 aromatic carbocycles. The number of aromatic nitrogens is 2. The molecule has 0 bridgehead atoms. The normalized spacial score (nSPS) is 16.3. The maximum absolute atomic E-state index is 8.49. The van der Waals surface area contributed by atoms with E-state index >= 15 is 0 Å². The molecule has 9 heteroatoms. The lowest BCUT2D eigenvalue weighted by Crippen LogP contribution is -2.68. The van der Waals surface area contributed by atoms with Gasteiger partial charge in [-0.2, -0.15) is 0 Å². The number of anilines is 1. The summed E-state index contributed by atoms with van der Waals surface area (Å²) in [6.07, 6.45) is 6.09. The van der Waals surface area contributed by atoms with E-state index in [2.05, 4.69) is 16.1 Å². The van der Waals surface area contributed by atoms with Crippen LogP contribution in [0.1, 0.15) is 30.7 Å². The van der Waals surface area contributed by atoms with Crippen LogP contribution in [0.5, 0.6) is 0 Å². The summed E-state index contributed by atoms with van der Waals surface area (Å²) < 4.78 is 36.0. The van der Waals surface area contributed by atoms with Gasteiger partial charge in [-0.15, -0.1) is 10.2 Å². The van der Waals surface area contributed by atoms with Crippen LogP contribution in [0.2, 0.25) is 0 Å². The molecule has 0 unspecified atom stereocenters. The van der Waals surface area contributed by atoms with E-state index in [1.807, 2.05) is 18.5 Å². The quantitative estimate of drug-likeness (QED) is 0.548. The summed E-state index contributed by atoms with van der Waals surface area (Å²) in [6, 6.07) is 0. The molecule has 1 saturated heterocycles. The van der Waals surface area contributed by atoms with Gasteiger partial charge in [-0.25, -0.2) is 23.2 Å².